The molecule has 144 valence electrons. The second-order valence-corrected chi connectivity index (χ2v) is 8.07. The highest BCUT2D eigenvalue weighted by molar-refractivity contribution is 7.10. The standard InChI is InChI=1S/C22H28N2O2S/c1-2-3-6-17-9-11-18(12-10-17)22(19-7-5-16-27-19)23-20(25)13-15-24-14-4-8-21(24)26/h5,7,9-12,16,22H,2-4,6,8,13-15H2,1H3,(H,23,25). The third-order valence-electron chi connectivity index (χ3n) is 5.05. The van der Waals surface area contributed by atoms with E-state index in [9.17, 15) is 9.59 Å². The molecule has 27 heavy (non-hydrogen) atoms. The van der Waals surface area contributed by atoms with E-state index in [0.29, 0.717) is 19.4 Å². The van der Waals surface area contributed by atoms with Gasteiger partial charge in [0.25, 0.3) is 0 Å². The first-order valence-electron chi connectivity index (χ1n) is 9.86. The number of hydrogen-bond donors (Lipinski definition) is 1. The van der Waals surface area contributed by atoms with E-state index < -0.39 is 0 Å². The second kappa shape index (κ2) is 9.70. The summed E-state index contributed by atoms with van der Waals surface area (Å²) < 4.78 is 0. The van der Waals surface area contributed by atoms with Gasteiger partial charge in [-0.15, -0.1) is 11.3 Å². The normalized spacial score (nSPS) is 15.1. The molecular weight excluding hydrogens is 356 g/mol. The number of hydrogen-bond acceptors (Lipinski definition) is 3. The smallest absolute Gasteiger partial charge is 0.222 e. The minimum absolute atomic E-state index is 0.0110. The van der Waals surface area contributed by atoms with Crippen molar-refractivity contribution in [2.75, 3.05) is 13.1 Å². The van der Waals surface area contributed by atoms with Gasteiger partial charge in [0.05, 0.1) is 6.04 Å². The minimum Gasteiger partial charge on any atom is -0.344 e. The maximum absolute atomic E-state index is 12.5. The molecule has 2 aromatic rings. The number of rotatable bonds is 9. The molecule has 0 spiro atoms. The molecule has 1 saturated heterocycles. The Morgan fingerprint density at radius 3 is 2.70 bits per heavy atom. The lowest BCUT2D eigenvalue weighted by molar-refractivity contribution is -0.128. The molecule has 1 fully saturated rings. The summed E-state index contributed by atoms with van der Waals surface area (Å²) >= 11 is 1.65. The van der Waals surface area contributed by atoms with Crippen LogP contribution in [0.3, 0.4) is 0 Å². The summed E-state index contributed by atoms with van der Waals surface area (Å²) in [6.07, 6.45) is 5.35. The van der Waals surface area contributed by atoms with E-state index in [0.717, 1.165) is 29.8 Å². The van der Waals surface area contributed by atoms with Gasteiger partial charge in [-0.25, -0.2) is 0 Å². The monoisotopic (exact) mass is 384 g/mol. The first-order chi connectivity index (χ1) is 13.2. The van der Waals surface area contributed by atoms with Crippen molar-refractivity contribution in [1.29, 1.82) is 0 Å². The SMILES string of the molecule is CCCCc1ccc(C(NC(=O)CCN2CCCC2=O)c2cccs2)cc1. The number of amides is 2. The fourth-order valence-electron chi connectivity index (χ4n) is 3.44. The predicted molar refractivity (Wildman–Crippen MR) is 110 cm³/mol. The molecule has 1 N–H and O–H groups in total. The van der Waals surface area contributed by atoms with E-state index >= 15 is 0 Å². The predicted octanol–water partition coefficient (Wildman–Crippen LogP) is 4.31. The van der Waals surface area contributed by atoms with E-state index in [1.54, 1.807) is 16.2 Å². The molecule has 4 nitrogen and oxygen atoms in total. The molecule has 5 heteroatoms. The Labute approximate surface area is 165 Å². The third-order valence-corrected chi connectivity index (χ3v) is 5.98. The van der Waals surface area contributed by atoms with Crippen molar-refractivity contribution in [3.8, 4) is 0 Å². The maximum Gasteiger partial charge on any atom is 0.222 e. The van der Waals surface area contributed by atoms with Gasteiger partial charge in [-0.1, -0.05) is 43.7 Å². The fraction of sp³-hybridized carbons (Fsp3) is 0.455. The molecular formula is C22H28N2O2S. The van der Waals surface area contributed by atoms with E-state index in [2.05, 4.69) is 42.6 Å². The van der Waals surface area contributed by atoms with E-state index in [4.69, 9.17) is 0 Å². The summed E-state index contributed by atoms with van der Waals surface area (Å²) in [5.41, 5.74) is 2.44. The number of carbonyl (C=O) groups is 2. The Morgan fingerprint density at radius 1 is 1.26 bits per heavy atom. The van der Waals surface area contributed by atoms with Gasteiger partial charge in [-0.05, 0) is 41.8 Å². The van der Waals surface area contributed by atoms with Gasteiger partial charge in [-0.2, -0.15) is 0 Å². The van der Waals surface area contributed by atoms with Crippen LogP contribution < -0.4 is 5.32 Å². The van der Waals surface area contributed by atoms with Crippen LogP contribution in [0.4, 0.5) is 0 Å². The van der Waals surface area contributed by atoms with Crippen LogP contribution in [0.1, 0.15) is 61.1 Å². The molecule has 0 bridgehead atoms. The zero-order valence-electron chi connectivity index (χ0n) is 15.9. The van der Waals surface area contributed by atoms with Crippen LogP contribution in [0, 0.1) is 0 Å². The van der Waals surface area contributed by atoms with Crippen LogP contribution in [0.5, 0.6) is 0 Å². The summed E-state index contributed by atoms with van der Waals surface area (Å²) in [7, 11) is 0. The zero-order valence-corrected chi connectivity index (χ0v) is 16.8. The van der Waals surface area contributed by atoms with Crippen molar-refractivity contribution in [2.24, 2.45) is 0 Å². The van der Waals surface area contributed by atoms with Crippen molar-refractivity contribution in [2.45, 2.75) is 51.5 Å². The molecule has 1 atom stereocenters. The Morgan fingerprint density at radius 2 is 2.07 bits per heavy atom. The van der Waals surface area contributed by atoms with Gasteiger partial charge in [0.2, 0.25) is 11.8 Å². The summed E-state index contributed by atoms with van der Waals surface area (Å²) in [6.45, 7) is 3.49. The zero-order chi connectivity index (χ0) is 19.1. The average Bonchev–Trinajstić information content (AvgIpc) is 3.35. The number of thiophene rings is 1. The van der Waals surface area contributed by atoms with Gasteiger partial charge < -0.3 is 10.2 Å². The summed E-state index contributed by atoms with van der Waals surface area (Å²) in [6, 6.07) is 12.5. The van der Waals surface area contributed by atoms with Gasteiger partial charge in [0, 0.05) is 30.8 Å². The van der Waals surface area contributed by atoms with E-state index in [1.165, 1.54) is 18.4 Å². The second-order valence-electron chi connectivity index (χ2n) is 7.10. The van der Waals surface area contributed by atoms with Crippen molar-refractivity contribution < 1.29 is 9.59 Å². The lowest BCUT2D eigenvalue weighted by Gasteiger charge is -2.20. The van der Waals surface area contributed by atoms with Crippen LogP contribution in [0.2, 0.25) is 0 Å². The highest BCUT2D eigenvalue weighted by Crippen LogP contribution is 2.27. The average molecular weight is 385 g/mol. The number of nitrogens with zero attached hydrogens (tertiary/aromatic N) is 1. The van der Waals surface area contributed by atoms with Crippen LogP contribution in [-0.2, 0) is 16.0 Å². The van der Waals surface area contributed by atoms with Crippen molar-refractivity contribution in [3.05, 3.63) is 57.8 Å². The summed E-state index contributed by atoms with van der Waals surface area (Å²) in [5.74, 6) is 0.156. The Balaban J connectivity index is 1.65. The maximum atomic E-state index is 12.5. The molecule has 0 radical (unpaired) electrons. The summed E-state index contributed by atoms with van der Waals surface area (Å²) in [4.78, 5) is 27.2. The quantitative estimate of drug-likeness (QED) is 0.700. The number of unbranched alkanes of at least 4 members (excludes halogenated alkanes) is 1. The molecule has 0 aliphatic carbocycles. The summed E-state index contributed by atoms with van der Waals surface area (Å²) in [5, 5.41) is 5.21. The van der Waals surface area contributed by atoms with Crippen LogP contribution in [0.15, 0.2) is 41.8 Å². The number of benzene rings is 1. The Hall–Kier alpha value is -2.14. The first-order valence-corrected chi connectivity index (χ1v) is 10.7. The molecule has 1 unspecified atom stereocenters. The molecule has 2 amide bonds. The van der Waals surface area contributed by atoms with Crippen LogP contribution >= 0.6 is 11.3 Å². The van der Waals surface area contributed by atoms with Gasteiger partial charge in [-0.3, -0.25) is 9.59 Å². The molecule has 2 heterocycles. The van der Waals surface area contributed by atoms with Crippen molar-refractivity contribution >= 4 is 23.2 Å². The molecule has 3 rings (SSSR count). The van der Waals surface area contributed by atoms with E-state index in [-0.39, 0.29) is 17.9 Å². The van der Waals surface area contributed by atoms with Crippen molar-refractivity contribution in [1.82, 2.24) is 10.2 Å². The highest BCUT2D eigenvalue weighted by Gasteiger charge is 2.22. The topological polar surface area (TPSA) is 49.4 Å². The van der Waals surface area contributed by atoms with Crippen LogP contribution in [0.25, 0.3) is 0 Å². The largest absolute Gasteiger partial charge is 0.344 e. The van der Waals surface area contributed by atoms with Gasteiger partial charge in [0.1, 0.15) is 0 Å². The Kier molecular flexibility index (Phi) is 7.04. The minimum atomic E-state index is -0.132. The molecule has 1 aliphatic heterocycles. The van der Waals surface area contributed by atoms with E-state index in [1.807, 2.05) is 11.4 Å². The lowest BCUT2D eigenvalue weighted by atomic mass is 10.0. The Bertz CT molecular complexity index is 740. The number of likely N-dealkylation sites (tertiary alicyclic amines) is 1. The highest BCUT2D eigenvalue weighted by atomic mass is 32.1. The molecule has 1 aliphatic rings. The number of nitrogens with one attached hydrogen (secondary N) is 1. The van der Waals surface area contributed by atoms with Gasteiger partial charge >= 0.3 is 0 Å². The molecule has 1 aromatic carbocycles. The lowest BCUT2D eigenvalue weighted by Crippen LogP contribution is -2.33. The first kappa shape index (κ1) is 19.6. The number of carbonyl (C=O) groups excluding carboxylic acids is 2. The van der Waals surface area contributed by atoms with Crippen molar-refractivity contribution in [3.63, 3.8) is 0 Å². The molecule has 1 aromatic heterocycles. The molecule has 0 saturated carbocycles. The van der Waals surface area contributed by atoms with Gasteiger partial charge in [0.15, 0.2) is 0 Å². The number of aryl methyl sites for hydroxylation is 1. The van der Waals surface area contributed by atoms with Crippen LogP contribution in [-0.4, -0.2) is 29.8 Å². The fourth-order valence-corrected chi connectivity index (χ4v) is 4.24. The third kappa shape index (κ3) is 5.42.